The lowest BCUT2D eigenvalue weighted by atomic mass is 9.98. The van der Waals surface area contributed by atoms with E-state index in [0.29, 0.717) is 19.3 Å². The van der Waals surface area contributed by atoms with Gasteiger partial charge < -0.3 is 50.5 Å². The van der Waals surface area contributed by atoms with Crippen molar-refractivity contribution in [3.63, 3.8) is 0 Å². The van der Waals surface area contributed by atoms with E-state index in [1.54, 1.807) is 0 Å². The standard InChI is InChI=1S/C57H105NO10/c1-3-5-7-9-11-13-15-17-19-21-22-23-24-25-26-27-28-29-31-32-34-36-38-40-42-44-49(60)52(62)48(47-67-57-55(65)54(64)53(63)51(46-59)68-57)58-56(66)50(61)45-43-41-39-37-35-33-30-20-18-16-14-12-10-8-6-4-2/h18,20,25-26,29,31,36,38,48-55,57,59-65H,3-17,19,21-24,27-28,30,32-35,37,39-47H2,1-2H3,(H,58,66)/b20-18-,26-25+,31-29+,38-36+. The molecule has 1 saturated heterocycles. The maximum atomic E-state index is 13.1. The molecule has 68 heavy (non-hydrogen) atoms. The predicted molar refractivity (Wildman–Crippen MR) is 279 cm³/mol. The van der Waals surface area contributed by atoms with Gasteiger partial charge >= 0.3 is 0 Å². The molecule has 1 fully saturated rings. The van der Waals surface area contributed by atoms with Crippen molar-refractivity contribution in [2.45, 2.75) is 294 Å². The second kappa shape index (κ2) is 46.2. The number of carbonyl (C=O) groups excluding carboxylic acids is 1. The zero-order chi connectivity index (χ0) is 49.7. The van der Waals surface area contributed by atoms with E-state index in [1.807, 2.05) is 0 Å². The number of nitrogens with one attached hydrogen (secondary N) is 1. The zero-order valence-electron chi connectivity index (χ0n) is 43.3. The maximum absolute atomic E-state index is 13.1. The number of aliphatic hydroxyl groups excluding tert-OH is 7. The van der Waals surface area contributed by atoms with Crippen molar-refractivity contribution < 1.29 is 50.0 Å². The minimum Gasteiger partial charge on any atom is -0.394 e. The molecule has 0 aromatic carbocycles. The van der Waals surface area contributed by atoms with Gasteiger partial charge in [-0.1, -0.05) is 197 Å². The van der Waals surface area contributed by atoms with E-state index in [1.165, 1.54) is 128 Å². The Labute approximate surface area is 415 Å². The largest absolute Gasteiger partial charge is 0.394 e. The predicted octanol–water partition coefficient (Wildman–Crippen LogP) is 11.3. The summed E-state index contributed by atoms with van der Waals surface area (Å²) < 4.78 is 11.1. The Bertz CT molecular complexity index is 1240. The van der Waals surface area contributed by atoms with Crippen LogP contribution < -0.4 is 5.32 Å². The molecule has 0 saturated carbocycles. The highest BCUT2D eigenvalue weighted by molar-refractivity contribution is 5.80. The number of carbonyl (C=O) groups is 1. The molecule has 9 unspecified atom stereocenters. The fourth-order valence-electron chi connectivity index (χ4n) is 8.70. The topological polar surface area (TPSA) is 189 Å². The van der Waals surface area contributed by atoms with Gasteiger partial charge in [0.1, 0.15) is 36.6 Å². The van der Waals surface area contributed by atoms with Crippen LogP contribution in [0.5, 0.6) is 0 Å². The van der Waals surface area contributed by atoms with Gasteiger partial charge in [0.25, 0.3) is 0 Å². The van der Waals surface area contributed by atoms with Crippen molar-refractivity contribution in [2.75, 3.05) is 13.2 Å². The van der Waals surface area contributed by atoms with Crippen molar-refractivity contribution in [1.29, 1.82) is 0 Å². The number of unbranched alkanes of at least 4 members (excludes halogenated alkanes) is 27. The minimum absolute atomic E-state index is 0.239. The van der Waals surface area contributed by atoms with E-state index in [4.69, 9.17) is 9.47 Å². The van der Waals surface area contributed by atoms with E-state index < -0.39 is 74.2 Å². The monoisotopic (exact) mass is 964 g/mol. The molecule has 398 valence electrons. The Morgan fingerprint density at radius 1 is 0.500 bits per heavy atom. The lowest BCUT2D eigenvalue weighted by Gasteiger charge is -2.40. The van der Waals surface area contributed by atoms with Crippen molar-refractivity contribution in [3.05, 3.63) is 48.6 Å². The van der Waals surface area contributed by atoms with Gasteiger partial charge in [-0.05, 0) is 89.9 Å². The first kappa shape index (κ1) is 64.1. The van der Waals surface area contributed by atoms with Gasteiger partial charge in [-0.25, -0.2) is 0 Å². The Balaban J connectivity index is 2.38. The summed E-state index contributed by atoms with van der Waals surface area (Å²) >= 11 is 0. The summed E-state index contributed by atoms with van der Waals surface area (Å²) in [6.07, 6.45) is 45.9. The van der Waals surface area contributed by atoms with Crippen LogP contribution in [0.4, 0.5) is 0 Å². The molecular weight excluding hydrogens is 859 g/mol. The highest BCUT2D eigenvalue weighted by Gasteiger charge is 2.44. The smallest absolute Gasteiger partial charge is 0.249 e. The first-order valence-electron chi connectivity index (χ1n) is 28.0. The van der Waals surface area contributed by atoms with Gasteiger partial charge in [-0.3, -0.25) is 4.79 Å². The number of allylic oxidation sites excluding steroid dienone is 8. The third kappa shape index (κ3) is 34.4. The van der Waals surface area contributed by atoms with E-state index in [9.17, 15) is 40.5 Å². The van der Waals surface area contributed by atoms with Crippen LogP contribution in [-0.2, 0) is 14.3 Å². The van der Waals surface area contributed by atoms with Crippen LogP contribution in [0.2, 0.25) is 0 Å². The van der Waals surface area contributed by atoms with Gasteiger partial charge in [0, 0.05) is 0 Å². The Morgan fingerprint density at radius 2 is 0.882 bits per heavy atom. The van der Waals surface area contributed by atoms with Gasteiger partial charge in [0.05, 0.1) is 25.4 Å². The van der Waals surface area contributed by atoms with E-state index in [-0.39, 0.29) is 12.8 Å². The quantitative estimate of drug-likeness (QED) is 0.0215. The highest BCUT2D eigenvalue weighted by Crippen LogP contribution is 2.23. The summed E-state index contributed by atoms with van der Waals surface area (Å²) in [5.74, 6) is -0.718. The second-order valence-corrected chi connectivity index (χ2v) is 19.6. The van der Waals surface area contributed by atoms with Crippen molar-refractivity contribution in [1.82, 2.24) is 5.32 Å². The molecule has 9 atom stereocenters. The van der Waals surface area contributed by atoms with E-state index in [2.05, 4.69) is 67.8 Å². The van der Waals surface area contributed by atoms with Crippen LogP contribution >= 0.6 is 0 Å². The van der Waals surface area contributed by atoms with Gasteiger partial charge in [-0.15, -0.1) is 0 Å². The fraction of sp³-hybridized carbons (Fsp3) is 0.842. The van der Waals surface area contributed by atoms with Crippen molar-refractivity contribution in [3.8, 4) is 0 Å². The number of amides is 1. The molecule has 0 aliphatic carbocycles. The summed E-state index contributed by atoms with van der Waals surface area (Å²) in [7, 11) is 0. The summed E-state index contributed by atoms with van der Waals surface area (Å²) in [6, 6.07) is -1.20. The lowest BCUT2D eigenvalue weighted by molar-refractivity contribution is -0.303. The number of rotatable bonds is 47. The first-order valence-corrected chi connectivity index (χ1v) is 28.0. The first-order chi connectivity index (χ1) is 33.2. The van der Waals surface area contributed by atoms with Crippen LogP contribution in [0.1, 0.15) is 239 Å². The Morgan fingerprint density at radius 3 is 1.31 bits per heavy atom. The molecule has 0 aromatic rings. The second-order valence-electron chi connectivity index (χ2n) is 19.6. The Hall–Kier alpha value is -1.93. The molecule has 11 heteroatoms. The minimum atomic E-state index is -1.67. The summed E-state index contributed by atoms with van der Waals surface area (Å²) in [5.41, 5.74) is 0. The van der Waals surface area contributed by atoms with Gasteiger partial charge in [0.15, 0.2) is 6.29 Å². The molecule has 8 N–H and O–H groups in total. The summed E-state index contributed by atoms with van der Waals surface area (Å²) in [4.78, 5) is 13.1. The van der Waals surface area contributed by atoms with Gasteiger partial charge in [0.2, 0.25) is 5.91 Å². The third-order valence-corrected chi connectivity index (χ3v) is 13.3. The molecule has 0 spiro atoms. The normalized spacial score (nSPS) is 20.9. The number of ether oxygens (including phenoxy) is 2. The van der Waals surface area contributed by atoms with E-state index >= 15 is 0 Å². The molecule has 0 radical (unpaired) electrons. The molecule has 0 aromatic heterocycles. The number of hydrogen-bond donors (Lipinski definition) is 8. The molecule has 1 rings (SSSR count). The molecule has 11 nitrogen and oxygen atoms in total. The summed E-state index contributed by atoms with van der Waals surface area (Å²) in [6.45, 7) is 3.43. The molecule has 1 amide bonds. The van der Waals surface area contributed by atoms with Crippen LogP contribution in [0, 0.1) is 0 Å². The molecule has 1 heterocycles. The molecular formula is C57H105NO10. The number of aliphatic hydroxyl groups is 7. The zero-order valence-corrected chi connectivity index (χ0v) is 43.3. The van der Waals surface area contributed by atoms with Crippen LogP contribution in [0.15, 0.2) is 48.6 Å². The third-order valence-electron chi connectivity index (χ3n) is 13.3. The van der Waals surface area contributed by atoms with Crippen molar-refractivity contribution >= 4 is 5.91 Å². The van der Waals surface area contributed by atoms with Crippen molar-refractivity contribution in [2.24, 2.45) is 0 Å². The van der Waals surface area contributed by atoms with Crippen LogP contribution in [0.25, 0.3) is 0 Å². The Kier molecular flexibility index (Phi) is 43.5. The van der Waals surface area contributed by atoms with E-state index in [0.717, 1.165) is 64.2 Å². The maximum Gasteiger partial charge on any atom is 0.249 e. The average molecular weight is 964 g/mol. The summed E-state index contributed by atoms with van der Waals surface area (Å²) in [5, 5.41) is 76.0. The number of hydrogen-bond acceptors (Lipinski definition) is 10. The van der Waals surface area contributed by atoms with Crippen LogP contribution in [-0.4, -0.2) is 110 Å². The van der Waals surface area contributed by atoms with Gasteiger partial charge in [-0.2, -0.15) is 0 Å². The fourth-order valence-corrected chi connectivity index (χ4v) is 8.70. The highest BCUT2D eigenvalue weighted by atomic mass is 16.7. The lowest BCUT2D eigenvalue weighted by Crippen LogP contribution is -2.60. The SMILES string of the molecule is CCCCCCCC/C=C\CCCCCCCCC(O)C(=O)NC(COC1OC(CO)C(O)C(O)C1O)C(O)C(O)CCC/C=C/CC/C=C/CC/C=C/CCCCCCCCCCCCCC. The molecule has 1 aliphatic heterocycles. The van der Waals surface area contributed by atoms with Crippen LogP contribution in [0.3, 0.4) is 0 Å². The molecule has 0 bridgehead atoms. The average Bonchev–Trinajstić information content (AvgIpc) is 3.34. The molecule has 1 aliphatic rings.